The highest BCUT2D eigenvalue weighted by Gasteiger charge is 2.36. The number of alkyl halides is 3. The molecule has 0 heterocycles. The molecule has 0 aromatic heterocycles. The number of hydrogen-bond acceptors (Lipinski definition) is 7. The molecule has 0 spiro atoms. The molecule has 0 saturated heterocycles. The summed E-state index contributed by atoms with van der Waals surface area (Å²) in [6.45, 7) is 64.3. The van der Waals surface area contributed by atoms with Crippen LogP contribution >= 0.6 is 35.1 Å². The van der Waals surface area contributed by atoms with Crippen molar-refractivity contribution in [2.75, 3.05) is 40.1 Å². The van der Waals surface area contributed by atoms with Crippen LogP contribution in [0.4, 0.5) is 17.6 Å². The van der Waals surface area contributed by atoms with Gasteiger partial charge in [0.2, 0.25) is 0 Å². The normalized spacial score (nSPS) is 11.8. The first-order valence-electron chi connectivity index (χ1n) is 41.0. The molecule has 13 heteroatoms. The Morgan fingerprint density at radius 1 is 0.283 bits per heavy atom. The maximum absolute atomic E-state index is 12.6. The smallest absolute Gasteiger partial charge is 0.416 e. The number of hydrogen-bond donors (Lipinski definition) is 0. The van der Waals surface area contributed by atoms with Crippen molar-refractivity contribution in [1.82, 2.24) is 0 Å². The van der Waals surface area contributed by atoms with E-state index in [1.165, 1.54) is 84.8 Å². The first-order valence-corrected chi connectivity index (χ1v) is 45.7. The van der Waals surface area contributed by atoms with Crippen molar-refractivity contribution >= 4 is 45.0 Å². The average Bonchev–Trinajstić information content (AvgIpc) is 0.456. The fraction of sp³-hybridized carbons (Fsp3) is 0.439. The number of halogens is 5. The molecular formula is C107H149ClF4O5S3. The number of ether oxygens (including phenoxy) is 3. The molecule has 10 aromatic rings. The largest absolute Gasteiger partial charge is 0.497 e. The van der Waals surface area contributed by atoms with Gasteiger partial charge in [0.1, 0.15) is 23.1 Å². The van der Waals surface area contributed by atoms with E-state index in [0.717, 1.165) is 33.9 Å². The number of rotatable bonds is 6. The lowest BCUT2D eigenvalue weighted by atomic mass is 9.83. The molecule has 10 rings (SSSR count). The summed E-state index contributed by atoms with van der Waals surface area (Å²) >= 11 is 9.35. The van der Waals surface area contributed by atoms with E-state index in [1.54, 1.807) is 89.9 Å². The summed E-state index contributed by atoms with van der Waals surface area (Å²) in [6.07, 6.45) is 1.19. The lowest BCUT2D eigenvalue weighted by Gasteiger charge is -2.23. The van der Waals surface area contributed by atoms with E-state index in [1.807, 2.05) is 72.8 Å². The van der Waals surface area contributed by atoms with Crippen molar-refractivity contribution in [2.24, 2.45) is 0 Å². The molecule has 0 bridgehead atoms. The SMILES string of the molecule is CC(C)(C)c1ccc(Cl)cc1.CC(C)(C)c1ccc(F)cc1.CC(C)(C)c1cccc(S(C)(=O)=O)c1.CC(C)(C)c1ccccc1.CC(C)(C)c1ccccc1C(F)(F)F.COc1ccc(C(C)(C)C)cc1.COc1cccc(C(C)(C)C)c1.COc1ccccc1C(C)(C)C.CSc1ccc(C(C)(C)C)cc1.CSc1cccc(C(C)(C)C)c1. The number of methoxy groups -OCH3 is 3. The van der Waals surface area contributed by atoms with Gasteiger partial charge in [-0.15, -0.1) is 23.5 Å². The highest BCUT2D eigenvalue weighted by atomic mass is 35.5. The lowest BCUT2D eigenvalue weighted by Crippen LogP contribution is -2.19. The van der Waals surface area contributed by atoms with Crippen LogP contribution in [0.2, 0.25) is 5.02 Å². The van der Waals surface area contributed by atoms with Crippen LogP contribution in [0.3, 0.4) is 0 Å². The van der Waals surface area contributed by atoms with Crippen LogP contribution in [0, 0.1) is 5.82 Å². The Morgan fingerprint density at radius 3 is 0.925 bits per heavy atom. The minimum atomic E-state index is -4.26. The third-order valence-corrected chi connectivity index (χ3v) is 21.8. The molecule has 0 fully saturated rings. The molecule has 120 heavy (non-hydrogen) atoms. The van der Waals surface area contributed by atoms with Crippen molar-refractivity contribution in [3.63, 3.8) is 0 Å². The Labute approximate surface area is 740 Å². The Kier molecular flexibility index (Phi) is 44.4. The quantitative estimate of drug-likeness (QED) is 0.121. The molecule has 0 unspecified atom stereocenters. The van der Waals surface area contributed by atoms with Crippen molar-refractivity contribution < 1.29 is 40.2 Å². The molecule has 0 N–H and O–H groups in total. The first kappa shape index (κ1) is 110. The van der Waals surface area contributed by atoms with Gasteiger partial charge in [-0.2, -0.15) is 13.2 Å². The van der Waals surface area contributed by atoms with E-state index in [2.05, 4.69) is 321 Å². The molecule has 10 aromatic carbocycles. The van der Waals surface area contributed by atoms with E-state index in [0.29, 0.717) is 15.9 Å². The molecule has 0 radical (unpaired) electrons. The molecular weight excluding hydrogens is 1570 g/mol. The van der Waals surface area contributed by atoms with Gasteiger partial charge in [-0.1, -0.05) is 371 Å². The Morgan fingerprint density at radius 2 is 0.592 bits per heavy atom. The third-order valence-electron chi connectivity index (χ3n) is 18.9. The fourth-order valence-electron chi connectivity index (χ4n) is 11.0. The van der Waals surface area contributed by atoms with E-state index in [4.69, 9.17) is 25.8 Å². The summed E-state index contributed by atoms with van der Waals surface area (Å²) in [4.78, 5) is 3.08. The Bertz CT molecular complexity index is 4450. The van der Waals surface area contributed by atoms with E-state index >= 15 is 0 Å². The van der Waals surface area contributed by atoms with Crippen molar-refractivity contribution in [2.45, 2.75) is 283 Å². The molecule has 0 amide bonds. The first-order chi connectivity index (χ1) is 54.7. The maximum atomic E-state index is 12.6. The van der Waals surface area contributed by atoms with Crippen LogP contribution in [0.15, 0.2) is 263 Å². The molecule has 5 nitrogen and oxygen atoms in total. The highest BCUT2D eigenvalue weighted by molar-refractivity contribution is 7.98. The predicted molar refractivity (Wildman–Crippen MR) is 518 cm³/mol. The molecule has 0 atom stereocenters. The molecule has 0 aliphatic heterocycles. The fourth-order valence-corrected chi connectivity index (χ4v) is 12.7. The van der Waals surface area contributed by atoms with Crippen LogP contribution in [0.5, 0.6) is 17.2 Å². The molecule has 0 aliphatic carbocycles. The number of sulfone groups is 1. The van der Waals surface area contributed by atoms with Crippen molar-refractivity contribution in [3.8, 4) is 17.2 Å². The standard InChI is InChI=1S/C11H13F3.C11H16O2S.3C11H16O.2C11H16S.C10H13Cl.C10H13F.C10H14/c1-10(2,3)8-6-4-5-7-9(8)11(12,13)14;1-11(2,3)9-6-5-7-10(8-9)14(4,12)13;1-11(2,3)9-5-7-10(12-4)8-6-9;1-11(2,3)9-6-5-7-10(8-9)12-4;1-11(2,3)9-7-5-6-8-10(9)12-4;1-11(2,3)9-5-7-10(12-4)8-6-9;1-11(2,3)9-6-5-7-10(8-9)12-4;2*1-10(2,3)8-4-6-9(11)7-5-8;1-10(2,3)9-7-5-4-6-8-9/h4-7H,1-3H3;5-8H,1-4H3;5*5-8H,1-4H3;2*4-7H,1-3H3;4-8H,1-3H3. The lowest BCUT2D eigenvalue weighted by molar-refractivity contribution is -0.138. The van der Waals surface area contributed by atoms with Gasteiger partial charge >= 0.3 is 6.18 Å². The van der Waals surface area contributed by atoms with Crippen LogP contribution < -0.4 is 14.2 Å². The van der Waals surface area contributed by atoms with Crippen LogP contribution in [-0.4, -0.2) is 48.5 Å². The zero-order chi connectivity index (χ0) is 92.5. The van der Waals surface area contributed by atoms with Gasteiger partial charge in [0, 0.05) is 21.1 Å². The summed E-state index contributed by atoms with van der Waals surface area (Å²) < 4.78 is 88.3. The van der Waals surface area contributed by atoms with Gasteiger partial charge in [0.05, 0.1) is 31.8 Å². The second-order valence-corrected chi connectivity index (χ2v) is 44.1. The van der Waals surface area contributed by atoms with Gasteiger partial charge < -0.3 is 14.2 Å². The van der Waals surface area contributed by atoms with Crippen LogP contribution in [-0.2, 0) is 70.2 Å². The number of para-hydroxylation sites is 1. The highest BCUT2D eigenvalue weighted by Crippen LogP contribution is 2.38. The zero-order valence-electron chi connectivity index (χ0n) is 79.8. The maximum Gasteiger partial charge on any atom is 0.416 e. The van der Waals surface area contributed by atoms with Gasteiger partial charge in [-0.3, -0.25) is 0 Å². The number of thioether (sulfide) groups is 2. The monoisotopic (exact) mass is 1720 g/mol. The minimum absolute atomic E-state index is 0.0132. The Balaban J connectivity index is 0.000000667. The summed E-state index contributed by atoms with van der Waals surface area (Å²) in [5.41, 5.74) is 12.7. The van der Waals surface area contributed by atoms with Gasteiger partial charge in [-0.25, -0.2) is 12.8 Å². The Hall–Kier alpha value is -7.74. The number of benzene rings is 10. The second-order valence-electron chi connectivity index (χ2n) is 39.8. The summed E-state index contributed by atoms with van der Waals surface area (Å²) in [7, 11) is 2.01. The summed E-state index contributed by atoms with van der Waals surface area (Å²) in [5, 5.41) is 0.804. The second kappa shape index (κ2) is 48.3. The summed E-state index contributed by atoms with van der Waals surface area (Å²) in [6, 6.07) is 80.2. The predicted octanol–water partition coefficient (Wildman–Crippen LogP) is 32.5. The topological polar surface area (TPSA) is 61.8 Å². The van der Waals surface area contributed by atoms with Gasteiger partial charge in [0.15, 0.2) is 9.84 Å². The molecule has 660 valence electrons. The van der Waals surface area contributed by atoms with Gasteiger partial charge in [0.25, 0.3) is 0 Å². The minimum Gasteiger partial charge on any atom is -0.497 e. The summed E-state index contributed by atoms with van der Waals surface area (Å²) in [5.74, 6) is 2.66. The van der Waals surface area contributed by atoms with Crippen molar-refractivity contribution in [3.05, 3.63) is 321 Å². The van der Waals surface area contributed by atoms with E-state index in [9.17, 15) is 26.0 Å². The van der Waals surface area contributed by atoms with Crippen LogP contribution in [0.25, 0.3) is 0 Å². The average molecular weight is 1720 g/mol. The van der Waals surface area contributed by atoms with E-state index in [-0.39, 0.29) is 49.1 Å². The van der Waals surface area contributed by atoms with Crippen LogP contribution in [0.1, 0.15) is 269 Å². The third kappa shape index (κ3) is 43.3. The molecule has 0 aliphatic rings. The zero-order valence-corrected chi connectivity index (χ0v) is 83.0. The van der Waals surface area contributed by atoms with E-state index < -0.39 is 27.0 Å². The molecule has 0 saturated carbocycles. The van der Waals surface area contributed by atoms with Gasteiger partial charge in [-0.05, 0) is 219 Å². The van der Waals surface area contributed by atoms with Crippen molar-refractivity contribution in [1.29, 1.82) is 0 Å².